The van der Waals surface area contributed by atoms with Gasteiger partial charge in [0.1, 0.15) is 5.82 Å². The number of aromatic nitrogens is 1. The lowest BCUT2D eigenvalue weighted by molar-refractivity contribution is 1.06. The summed E-state index contributed by atoms with van der Waals surface area (Å²) in [6.45, 7) is 0. The molecule has 0 aromatic carbocycles. The van der Waals surface area contributed by atoms with Crippen LogP contribution in [0.5, 0.6) is 0 Å². The maximum Gasteiger partial charge on any atom is 0.128 e. The first-order valence-corrected chi connectivity index (χ1v) is 4.12. The van der Waals surface area contributed by atoms with Crippen LogP contribution in [0.15, 0.2) is 23.7 Å². The Bertz CT molecular complexity index is 431. The summed E-state index contributed by atoms with van der Waals surface area (Å²) >= 11 is 0. The lowest BCUT2D eigenvalue weighted by atomic mass is 10.1. The van der Waals surface area contributed by atoms with Gasteiger partial charge in [-0.2, -0.15) is 0 Å². The number of hydrogen-bond donors (Lipinski definition) is 0. The monoisotopic (exact) mass is 170 g/mol. The van der Waals surface area contributed by atoms with Crippen LogP contribution >= 0.6 is 0 Å². The second-order valence-electron chi connectivity index (χ2n) is 3.14. The first-order chi connectivity index (χ1) is 6.27. The summed E-state index contributed by atoms with van der Waals surface area (Å²) in [5.74, 6) is 0.965. The molecule has 0 fully saturated rings. The summed E-state index contributed by atoms with van der Waals surface area (Å²) in [6.07, 6.45) is 5.67. The standard InChI is InChI=1S/C11H10N2/c1-13(2)11-7-9-5-3-4-6-10(9)8-12-11/h5-8H,1-2H3. The molecule has 13 heavy (non-hydrogen) atoms. The predicted molar refractivity (Wildman–Crippen MR) is 54.5 cm³/mol. The van der Waals surface area contributed by atoms with E-state index < -0.39 is 0 Å². The van der Waals surface area contributed by atoms with Crippen LogP contribution in [0.25, 0.3) is 12.2 Å². The van der Waals surface area contributed by atoms with Crippen molar-refractivity contribution in [2.75, 3.05) is 19.0 Å². The van der Waals surface area contributed by atoms with Gasteiger partial charge < -0.3 is 4.90 Å². The van der Waals surface area contributed by atoms with Crippen LogP contribution in [0.1, 0.15) is 11.1 Å². The molecule has 0 saturated heterocycles. The van der Waals surface area contributed by atoms with Crippen LogP contribution in [0.3, 0.4) is 0 Å². The minimum atomic E-state index is 0.965. The van der Waals surface area contributed by atoms with Crippen LogP contribution in [-0.4, -0.2) is 19.1 Å². The van der Waals surface area contributed by atoms with Gasteiger partial charge in [-0.05, 0) is 23.8 Å². The molecule has 0 N–H and O–H groups in total. The molecule has 0 unspecified atom stereocenters. The average molecular weight is 170 g/mol. The molecular weight excluding hydrogens is 160 g/mol. The quantitative estimate of drug-likeness (QED) is 0.608. The van der Waals surface area contributed by atoms with Crippen LogP contribution in [0.4, 0.5) is 5.82 Å². The molecule has 2 heteroatoms. The highest BCUT2D eigenvalue weighted by atomic mass is 15.1. The molecule has 2 rings (SSSR count). The molecular formula is C11H10N2. The number of pyridine rings is 1. The van der Waals surface area contributed by atoms with E-state index in [0.29, 0.717) is 0 Å². The number of fused-ring (bicyclic) bond motifs is 1. The highest BCUT2D eigenvalue weighted by Gasteiger charge is 2.02. The van der Waals surface area contributed by atoms with Gasteiger partial charge in [0.25, 0.3) is 0 Å². The van der Waals surface area contributed by atoms with Crippen LogP contribution in [-0.2, 0) is 0 Å². The van der Waals surface area contributed by atoms with Crippen molar-refractivity contribution in [3.8, 4) is 0 Å². The topological polar surface area (TPSA) is 16.1 Å². The molecule has 1 aliphatic rings. The van der Waals surface area contributed by atoms with Gasteiger partial charge in [0.05, 0.1) is 0 Å². The Morgan fingerprint density at radius 1 is 1.15 bits per heavy atom. The zero-order valence-electron chi connectivity index (χ0n) is 7.70. The Kier molecular flexibility index (Phi) is 1.79. The first kappa shape index (κ1) is 7.88. The van der Waals surface area contributed by atoms with E-state index in [9.17, 15) is 0 Å². The van der Waals surface area contributed by atoms with Crippen LogP contribution in [0, 0.1) is 0 Å². The molecule has 1 aromatic rings. The molecule has 0 bridgehead atoms. The molecule has 1 heterocycles. The van der Waals surface area contributed by atoms with Crippen molar-refractivity contribution in [1.82, 2.24) is 4.98 Å². The molecule has 1 aromatic heterocycles. The van der Waals surface area contributed by atoms with Crippen molar-refractivity contribution in [3.05, 3.63) is 34.9 Å². The maximum absolute atomic E-state index is 4.30. The summed E-state index contributed by atoms with van der Waals surface area (Å²) in [5.41, 5.74) is 8.09. The van der Waals surface area contributed by atoms with Crippen LogP contribution in [0.2, 0.25) is 0 Å². The van der Waals surface area contributed by atoms with Gasteiger partial charge in [-0.25, -0.2) is 4.98 Å². The molecule has 0 radical (unpaired) electrons. The largest absolute Gasteiger partial charge is 0.363 e. The number of nitrogens with zero attached hydrogens (tertiary/aromatic N) is 2. The minimum absolute atomic E-state index is 0.965. The summed E-state index contributed by atoms with van der Waals surface area (Å²) in [4.78, 5) is 6.28. The SMILES string of the molecule is CN(C)c1cc2c(cn1)C=C=C=C2. The summed E-state index contributed by atoms with van der Waals surface area (Å²) in [5, 5.41) is 0. The van der Waals surface area contributed by atoms with Gasteiger partial charge in [-0.3, -0.25) is 0 Å². The third kappa shape index (κ3) is 1.41. The maximum atomic E-state index is 4.30. The van der Waals surface area contributed by atoms with Gasteiger partial charge in [0.2, 0.25) is 0 Å². The third-order valence-electron chi connectivity index (χ3n) is 1.95. The van der Waals surface area contributed by atoms with Crippen molar-refractivity contribution >= 4 is 18.0 Å². The van der Waals surface area contributed by atoms with Gasteiger partial charge in [0.15, 0.2) is 0 Å². The predicted octanol–water partition coefficient (Wildman–Crippen LogP) is 1.94. The Balaban J connectivity index is 2.53. The summed E-state index contributed by atoms with van der Waals surface area (Å²) in [6, 6.07) is 2.04. The smallest absolute Gasteiger partial charge is 0.128 e. The molecule has 0 aliphatic heterocycles. The summed E-state index contributed by atoms with van der Waals surface area (Å²) < 4.78 is 0. The molecule has 2 nitrogen and oxygen atoms in total. The fourth-order valence-electron chi connectivity index (χ4n) is 1.20. The molecule has 0 spiro atoms. The van der Waals surface area contributed by atoms with Gasteiger partial charge >= 0.3 is 0 Å². The zero-order valence-corrected chi connectivity index (χ0v) is 7.70. The second-order valence-corrected chi connectivity index (χ2v) is 3.14. The van der Waals surface area contributed by atoms with E-state index in [4.69, 9.17) is 0 Å². The van der Waals surface area contributed by atoms with Gasteiger partial charge in [0, 0.05) is 25.9 Å². The molecule has 0 saturated carbocycles. The van der Waals surface area contributed by atoms with E-state index in [0.717, 1.165) is 16.9 Å². The Morgan fingerprint density at radius 3 is 2.54 bits per heavy atom. The lowest BCUT2D eigenvalue weighted by Gasteiger charge is -2.12. The normalized spacial score (nSPS) is 11.5. The molecule has 0 atom stereocenters. The van der Waals surface area contributed by atoms with Crippen molar-refractivity contribution in [3.63, 3.8) is 0 Å². The van der Waals surface area contributed by atoms with Crippen molar-refractivity contribution in [1.29, 1.82) is 0 Å². The van der Waals surface area contributed by atoms with Crippen molar-refractivity contribution < 1.29 is 0 Å². The van der Waals surface area contributed by atoms with Gasteiger partial charge in [-0.15, -0.1) is 0 Å². The highest BCUT2D eigenvalue weighted by Crippen LogP contribution is 2.18. The van der Waals surface area contributed by atoms with Crippen molar-refractivity contribution in [2.24, 2.45) is 0 Å². The molecule has 64 valence electrons. The number of anilines is 1. The fraction of sp³-hybridized carbons (Fsp3) is 0.182. The first-order valence-electron chi connectivity index (χ1n) is 4.12. The molecule has 0 amide bonds. The Hall–Kier alpha value is -1.75. The number of rotatable bonds is 1. The zero-order chi connectivity index (χ0) is 9.26. The second kappa shape index (κ2) is 2.95. The minimum Gasteiger partial charge on any atom is -0.363 e. The van der Waals surface area contributed by atoms with Crippen LogP contribution < -0.4 is 4.90 Å². The van der Waals surface area contributed by atoms with E-state index in [1.54, 1.807) is 0 Å². The van der Waals surface area contributed by atoms with Crippen molar-refractivity contribution in [2.45, 2.75) is 0 Å². The number of hydrogen-bond acceptors (Lipinski definition) is 2. The Morgan fingerprint density at radius 2 is 1.85 bits per heavy atom. The average Bonchev–Trinajstić information content (AvgIpc) is 2.17. The van der Waals surface area contributed by atoms with E-state index in [1.165, 1.54) is 0 Å². The lowest BCUT2D eigenvalue weighted by Crippen LogP contribution is -2.10. The van der Waals surface area contributed by atoms with E-state index >= 15 is 0 Å². The highest BCUT2D eigenvalue weighted by molar-refractivity contribution is 5.69. The van der Waals surface area contributed by atoms with Gasteiger partial charge in [-0.1, -0.05) is 11.5 Å². The Labute approximate surface area is 77.5 Å². The van der Waals surface area contributed by atoms with E-state index in [2.05, 4.69) is 16.4 Å². The van der Waals surface area contributed by atoms with E-state index in [-0.39, 0.29) is 0 Å². The fourth-order valence-corrected chi connectivity index (χ4v) is 1.20. The van der Waals surface area contributed by atoms with E-state index in [1.807, 2.05) is 43.4 Å². The summed E-state index contributed by atoms with van der Waals surface area (Å²) in [7, 11) is 3.96. The molecule has 1 aliphatic carbocycles. The third-order valence-corrected chi connectivity index (χ3v) is 1.95.